The lowest BCUT2D eigenvalue weighted by Crippen LogP contribution is -2.14. The van der Waals surface area contributed by atoms with Gasteiger partial charge in [0.15, 0.2) is 0 Å². The number of carbonyl (C=O) groups excluding carboxylic acids is 1. The summed E-state index contributed by atoms with van der Waals surface area (Å²) in [6.45, 7) is 5.25. The number of allylic oxidation sites excluding steroid dienone is 1. The third-order valence-corrected chi connectivity index (χ3v) is 3.32. The number of hydrogen-bond acceptors (Lipinski definition) is 1. The van der Waals surface area contributed by atoms with E-state index in [4.69, 9.17) is 0 Å². The van der Waals surface area contributed by atoms with Crippen LogP contribution in [0.4, 0.5) is 8.78 Å². The van der Waals surface area contributed by atoms with Crippen molar-refractivity contribution in [1.29, 1.82) is 0 Å². The molecule has 19 heavy (non-hydrogen) atoms. The second kappa shape index (κ2) is 7.82. The maximum absolute atomic E-state index is 13.0. The summed E-state index contributed by atoms with van der Waals surface area (Å²) in [6, 6.07) is 3.69. The molecule has 1 nitrogen and oxygen atoms in total. The fraction of sp³-hybridized carbons (Fsp3) is 0.438. The highest BCUT2D eigenvalue weighted by Crippen LogP contribution is 2.35. The van der Waals surface area contributed by atoms with Crippen molar-refractivity contribution >= 4 is 6.29 Å². The first-order valence-corrected chi connectivity index (χ1v) is 6.59. The fourth-order valence-corrected chi connectivity index (χ4v) is 2.40. The van der Waals surface area contributed by atoms with Crippen molar-refractivity contribution in [3.05, 3.63) is 48.1 Å². The molecule has 1 aromatic rings. The Hall–Kier alpha value is -1.51. The molecular weight excluding hydrogens is 246 g/mol. The third-order valence-electron chi connectivity index (χ3n) is 3.32. The van der Waals surface area contributed by atoms with E-state index < -0.39 is 11.6 Å². The van der Waals surface area contributed by atoms with Crippen LogP contribution in [-0.4, -0.2) is 6.29 Å². The number of rotatable bonds is 2. The quantitative estimate of drug-likeness (QED) is 0.563. The molecule has 0 atom stereocenters. The van der Waals surface area contributed by atoms with Gasteiger partial charge in [0.25, 0.3) is 0 Å². The number of aldehydes is 1. The van der Waals surface area contributed by atoms with Crippen molar-refractivity contribution in [1.82, 2.24) is 0 Å². The van der Waals surface area contributed by atoms with Crippen molar-refractivity contribution in [2.75, 3.05) is 0 Å². The van der Waals surface area contributed by atoms with Gasteiger partial charge in [-0.3, -0.25) is 0 Å². The van der Waals surface area contributed by atoms with Gasteiger partial charge in [-0.2, -0.15) is 0 Å². The Bertz CT molecular complexity index is 401. The second-order valence-electron chi connectivity index (χ2n) is 4.86. The van der Waals surface area contributed by atoms with Gasteiger partial charge in [0, 0.05) is 12.0 Å². The minimum Gasteiger partial charge on any atom is -0.303 e. The van der Waals surface area contributed by atoms with Gasteiger partial charge in [-0.25, -0.2) is 8.78 Å². The van der Waals surface area contributed by atoms with Gasteiger partial charge < -0.3 is 4.79 Å². The highest BCUT2D eigenvalue weighted by Gasteiger charge is 2.22. The van der Waals surface area contributed by atoms with Crippen LogP contribution in [0, 0.1) is 17.6 Å². The molecule has 3 heteroatoms. The molecule has 1 aromatic carbocycles. The van der Waals surface area contributed by atoms with Crippen LogP contribution in [0.25, 0.3) is 0 Å². The fourth-order valence-electron chi connectivity index (χ4n) is 2.40. The summed E-state index contributed by atoms with van der Waals surface area (Å²) in [7, 11) is 0. The zero-order chi connectivity index (χ0) is 14.3. The predicted molar refractivity (Wildman–Crippen MR) is 73.0 cm³/mol. The van der Waals surface area contributed by atoms with Crippen molar-refractivity contribution in [3.8, 4) is 0 Å². The minimum atomic E-state index is -0.521. The molecule has 2 rings (SSSR count). The summed E-state index contributed by atoms with van der Waals surface area (Å²) in [5, 5.41) is 0. The second-order valence-corrected chi connectivity index (χ2v) is 4.86. The molecule has 1 fully saturated rings. The topological polar surface area (TPSA) is 17.1 Å². The zero-order valence-corrected chi connectivity index (χ0v) is 11.2. The van der Waals surface area contributed by atoms with Crippen LogP contribution in [0.15, 0.2) is 30.9 Å². The molecule has 1 aliphatic carbocycles. The molecule has 0 aromatic heterocycles. The van der Waals surface area contributed by atoms with E-state index in [1.165, 1.54) is 12.1 Å². The summed E-state index contributed by atoms with van der Waals surface area (Å²) in [5.41, 5.74) is 0.724. The molecule has 0 N–H and O–H groups in total. The third kappa shape index (κ3) is 4.93. The van der Waals surface area contributed by atoms with Crippen LogP contribution in [0.1, 0.15) is 44.1 Å². The summed E-state index contributed by atoms with van der Waals surface area (Å²) in [5.74, 6) is -0.712. The Balaban J connectivity index is 0.000000550. The molecule has 0 radical (unpaired) electrons. The molecule has 0 heterocycles. The summed E-state index contributed by atoms with van der Waals surface area (Å²) >= 11 is 0. The van der Waals surface area contributed by atoms with E-state index in [2.05, 4.69) is 6.58 Å². The Labute approximate surface area is 113 Å². The molecule has 104 valence electrons. The average molecular weight is 266 g/mol. The summed E-state index contributed by atoms with van der Waals surface area (Å²) < 4.78 is 26.1. The van der Waals surface area contributed by atoms with Gasteiger partial charge in [0.05, 0.1) is 0 Å². The van der Waals surface area contributed by atoms with Gasteiger partial charge >= 0.3 is 0 Å². The van der Waals surface area contributed by atoms with E-state index in [1.54, 1.807) is 6.08 Å². The standard InChI is InChI=1S/C13H14F2O.C3H6/c14-12-5-11(6-13(15)7-12)10-3-1-9(8-16)2-4-10;1-3-2/h5-10H,1-4H2;3H,1H2,2H3. The number of carbonyl (C=O) groups is 1. The van der Waals surface area contributed by atoms with Crippen LogP contribution in [0.3, 0.4) is 0 Å². The average Bonchev–Trinajstić information content (AvgIpc) is 2.39. The van der Waals surface area contributed by atoms with Crippen molar-refractivity contribution in [2.24, 2.45) is 5.92 Å². The maximum atomic E-state index is 13.0. The Morgan fingerprint density at radius 3 is 2.00 bits per heavy atom. The van der Waals surface area contributed by atoms with Crippen LogP contribution >= 0.6 is 0 Å². The lowest BCUT2D eigenvalue weighted by molar-refractivity contribution is -0.111. The van der Waals surface area contributed by atoms with Gasteiger partial charge in [-0.15, -0.1) is 6.58 Å². The van der Waals surface area contributed by atoms with E-state index in [1.807, 2.05) is 6.92 Å². The smallest absolute Gasteiger partial charge is 0.126 e. The molecule has 0 amide bonds. The summed E-state index contributed by atoms with van der Waals surface area (Å²) in [6.07, 6.45) is 6.07. The molecule has 0 unspecified atom stereocenters. The van der Waals surface area contributed by atoms with Crippen LogP contribution in [0.5, 0.6) is 0 Å². The predicted octanol–water partition coefficient (Wildman–Crippen LogP) is 4.63. The first-order valence-electron chi connectivity index (χ1n) is 6.59. The first kappa shape index (κ1) is 15.5. The SMILES string of the molecule is C=CC.O=CC1CCC(c2cc(F)cc(F)c2)CC1. The molecule has 1 aliphatic rings. The van der Waals surface area contributed by atoms with E-state index in [-0.39, 0.29) is 11.8 Å². The number of halogens is 2. The van der Waals surface area contributed by atoms with Crippen LogP contribution < -0.4 is 0 Å². The Morgan fingerprint density at radius 1 is 1.11 bits per heavy atom. The molecular formula is C16H20F2O. The van der Waals surface area contributed by atoms with Crippen molar-refractivity contribution in [3.63, 3.8) is 0 Å². The summed E-state index contributed by atoms with van der Waals surface area (Å²) in [4.78, 5) is 10.6. The highest BCUT2D eigenvalue weighted by atomic mass is 19.1. The Morgan fingerprint density at radius 2 is 1.58 bits per heavy atom. The normalized spacial score (nSPS) is 22.1. The zero-order valence-electron chi connectivity index (χ0n) is 11.2. The molecule has 0 spiro atoms. The largest absolute Gasteiger partial charge is 0.303 e. The lowest BCUT2D eigenvalue weighted by atomic mass is 9.79. The number of benzene rings is 1. The number of hydrogen-bond donors (Lipinski definition) is 0. The molecule has 1 saturated carbocycles. The van der Waals surface area contributed by atoms with Gasteiger partial charge in [0.1, 0.15) is 17.9 Å². The van der Waals surface area contributed by atoms with Crippen LogP contribution in [-0.2, 0) is 4.79 Å². The minimum absolute atomic E-state index is 0.134. The monoisotopic (exact) mass is 266 g/mol. The van der Waals surface area contributed by atoms with E-state index >= 15 is 0 Å². The van der Waals surface area contributed by atoms with Crippen molar-refractivity contribution in [2.45, 2.75) is 38.5 Å². The van der Waals surface area contributed by atoms with E-state index in [9.17, 15) is 13.6 Å². The maximum Gasteiger partial charge on any atom is 0.126 e. The lowest BCUT2D eigenvalue weighted by Gasteiger charge is -2.25. The Kier molecular flexibility index (Phi) is 6.40. The molecule has 0 aliphatic heterocycles. The van der Waals surface area contributed by atoms with E-state index in [0.717, 1.165) is 43.6 Å². The van der Waals surface area contributed by atoms with Gasteiger partial charge in [0.2, 0.25) is 0 Å². The van der Waals surface area contributed by atoms with Crippen molar-refractivity contribution < 1.29 is 13.6 Å². The molecule has 0 saturated heterocycles. The van der Waals surface area contributed by atoms with Gasteiger partial charge in [-0.05, 0) is 56.2 Å². The first-order chi connectivity index (χ1) is 9.10. The molecule has 0 bridgehead atoms. The highest BCUT2D eigenvalue weighted by molar-refractivity contribution is 5.53. The van der Waals surface area contributed by atoms with E-state index in [0.29, 0.717) is 0 Å². The van der Waals surface area contributed by atoms with Crippen LogP contribution in [0.2, 0.25) is 0 Å². The van der Waals surface area contributed by atoms with Gasteiger partial charge in [-0.1, -0.05) is 6.08 Å².